The summed E-state index contributed by atoms with van der Waals surface area (Å²) in [6.07, 6.45) is 1.08. The highest BCUT2D eigenvalue weighted by molar-refractivity contribution is 5.59. The Morgan fingerprint density at radius 1 is 1.47 bits per heavy atom. The minimum Gasteiger partial charge on any atom is -0.384 e. The van der Waals surface area contributed by atoms with Crippen molar-refractivity contribution in [2.24, 2.45) is 5.73 Å². The highest BCUT2D eigenvalue weighted by Gasteiger charge is 2.21. The van der Waals surface area contributed by atoms with E-state index in [1.54, 1.807) is 0 Å². The van der Waals surface area contributed by atoms with Gasteiger partial charge < -0.3 is 11.1 Å². The molecular formula is C13H20N2. The second-order valence-corrected chi connectivity index (χ2v) is 4.66. The van der Waals surface area contributed by atoms with Crippen LogP contribution in [0.25, 0.3) is 0 Å². The molecule has 0 fully saturated rings. The Labute approximate surface area is 91.9 Å². The van der Waals surface area contributed by atoms with Crippen molar-refractivity contribution in [1.82, 2.24) is 0 Å². The Bertz CT molecular complexity index is 342. The molecule has 2 rings (SSSR count). The molecule has 0 amide bonds. The molecule has 1 aromatic carbocycles. The zero-order valence-corrected chi connectivity index (χ0v) is 9.59. The van der Waals surface area contributed by atoms with Gasteiger partial charge in [0.25, 0.3) is 0 Å². The van der Waals surface area contributed by atoms with E-state index in [0.29, 0.717) is 11.8 Å². The number of hydrogen-bond donors (Lipinski definition) is 2. The van der Waals surface area contributed by atoms with Crippen molar-refractivity contribution < 1.29 is 0 Å². The maximum absolute atomic E-state index is 5.64. The van der Waals surface area contributed by atoms with Gasteiger partial charge in [-0.3, -0.25) is 0 Å². The smallest absolute Gasteiger partial charge is 0.0376 e. The van der Waals surface area contributed by atoms with Gasteiger partial charge in [0.2, 0.25) is 0 Å². The predicted molar refractivity (Wildman–Crippen MR) is 65.4 cm³/mol. The quantitative estimate of drug-likeness (QED) is 0.794. The van der Waals surface area contributed by atoms with Crippen LogP contribution in [0.4, 0.5) is 5.69 Å². The molecule has 1 aromatic rings. The van der Waals surface area contributed by atoms with Gasteiger partial charge in [-0.15, -0.1) is 0 Å². The topological polar surface area (TPSA) is 38.0 Å². The third-order valence-corrected chi connectivity index (χ3v) is 3.24. The number of benzene rings is 1. The van der Waals surface area contributed by atoms with Gasteiger partial charge in [0.1, 0.15) is 0 Å². The van der Waals surface area contributed by atoms with Crippen LogP contribution in [0.3, 0.4) is 0 Å². The Hall–Kier alpha value is -1.02. The third-order valence-electron chi connectivity index (χ3n) is 3.24. The van der Waals surface area contributed by atoms with Crippen molar-refractivity contribution in [3.8, 4) is 0 Å². The van der Waals surface area contributed by atoms with Crippen molar-refractivity contribution in [2.75, 3.05) is 18.4 Å². The lowest BCUT2D eigenvalue weighted by Gasteiger charge is -2.11. The summed E-state index contributed by atoms with van der Waals surface area (Å²) >= 11 is 0. The Morgan fingerprint density at radius 3 is 2.93 bits per heavy atom. The first-order valence-electron chi connectivity index (χ1n) is 5.80. The van der Waals surface area contributed by atoms with Crippen molar-refractivity contribution in [2.45, 2.75) is 32.1 Å². The summed E-state index contributed by atoms with van der Waals surface area (Å²) in [6.45, 7) is 6.30. The second-order valence-electron chi connectivity index (χ2n) is 4.66. The zero-order valence-electron chi connectivity index (χ0n) is 9.59. The number of nitrogens with one attached hydrogen (secondary N) is 1. The molecule has 0 saturated carbocycles. The molecule has 2 heteroatoms. The van der Waals surface area contributed by atoms with Crippen LogP contribution in [0.1, 0.15) is 43.2 Å². The summed E-state index contributed by atoms with van der Waals surface area (Å²) in [4.78, 5) is 0. The summed E-state index contributed by atoms with van der Waals surface area (Å²) in [5, 5.41) is 3.45. The molecule has 1 atom stereocenters. The monoisotopic (exact) mass is 204 g/mol. The Morgan fingerprint density at radius 2 is 2.27 bits per heavy atom. The van der Waals surface area contributed by atoms with E-state index in [4.69, 9.17) is 5.73 Å². The van der Waals surface area contributed by atoms with E-state index >= 15 is 0 Å². The maximum atomic E-state index is 5.64. The van der Waals surface area contributed by atoms with Crippen molar-refractivity contribution >= 4 is 5.69 Å². The van der Waals surface area contributed by atoms with Crippen molar-refractivity contribution in [3.63, 3.8) is 0 Å². The minimum absolute atomic E-state index is 0.606. The van der Waals surface area contributed by atoms with Crippen LogP contribution in [-0.2, 0) is 0 Å². The lowest BCUT2D eigenvalue weighted by molar-refractivity contribution is 0.684. The molecule has 82 valence electrons. The van der Waals surface area contributed by atoms with Crippen LogP contribution >= 0.6 is 0 Å². The summed E-state index contributed by atoms with van der Waals surface area (Å²) < 4.78 is 0. The van der Waals surface area contributed by atoms with E-state index in [1.807, 2.05) is 0 Å². The fraction of sp³-hybridized carbons (Fsp3) is 0.538. The molecule has 3 N–H and O–H groups in total. The van der Waals surface area contributed by atoms with Crippen LogP contribution in [-0.4, -0.2) is 13.1 Å². The van der Waals surface area contributed by atoms with Crippen LogP contribution in [0.15, 0.2) is 18.2 Å². The van der Waals surface area contributed by atoms with Crippen LogP contribution in [0.2, 0.25) is 0 Å². The van der Waals surface area contributed by atoms with E-state index in [1.165, 1.54) is 16.8 Å². The molecule has 2 nitrogen and oxygen atoms in total. The van der Waals surface area contributed by atoms with Gasteiger partial charge in [0, 0.05) is 18.2 Å². The summed E-state index contributed by atoms with van der Waals surface area (Å²) in [7, 11) is 0. The fourth-order valence-electron chi connectivity index (χ4n) is 2.24. The average molecular weight is 204 g/mol. The molecule has 15 heavy (non-hydrogen) atoms. The Balaban J connectivity index is 2.29. The van der Waals surface area contributed by atoms with Gasteiger partial charge >= 0.3 is 0 Å². The van der Waals surface area contributed by atoms with E-state index in [2.05, 4.69) is 37.4 Å². The largest absolute Gasteiger partial charge is 0.384 e. The zero-order chi connectivity index (χ0) is 10.8. The SMILES string of the molecule is CC(C)c1ccc2c(c1)C(CCN)CN2. The molecule has 0 aromatic heterocycles. The standard InChI is InChI=1S/C13H20N2/c1-9(2)10-3-4-13-12(7-10)11(5-6-14)8-15-13/h3-4,7,9,11,15H,5-6,8,14H2,1-2H3. The molecular weight excluding hydrogens is 184 g/mol. The summed E-state index contributed by atoms with van der Waals surface area (Å²) in [5.41, 5.74) is 9.83. The molecule has 0 spiro atoms. The van der Waals surface area contributed by atoms with E-state index in [0.717, 1.165) is 19.5 Å². The molecule has 1 heterocycles. The van der Waals surface area contributed by atoms with Gasteiger partial charge in [-0.05, 0) is 36.1 Å². The minimum atomic E-state index is 0.606. The number of anilines is 1. The molecule has 0 radical (unpaired) electrons. The average Bonchev–Trinajstić information content (AvgIpc) is 2.61. The summed E-state index contributed by atoms with van der Waals surface area (Å²) in [5.74, 6) is 1.22. The first-order valence-corrected chi connectivity index (χ1v) is 5.80. The molecule has 1 aliphatic rings. The lowest BCUT2D eigenvalue weighted by Crippen LogP contribution is -2.09. The van der Waals surface area contributed by atoms with Gasteiger partial charge in [0.15, 0.2) is 0 Å². The maximum Gasteiger partial charge on any atom is 0.0376 e. The Kier molecular flexibility index (Phi) is 2.96. The molecule has 0 aliphatic carbocycles. The third kappa shape index (κ3) is 2.00. The second kappa shape index (κ2) is 4.23. The fourth-order valence-corrected chi connectivity index (χ4v) is 2.24. The normalized spacial score (nSPS) is 19.1. The van der Waals surface area contributed by atoms with E-state index in [9.17, 15) is 0 Å². The van der Waals surface area contributed by atoms with Crippen molar-refractivity contribution in [3.05, 3.63) is 29.3 Å². The lowest BCUT2D eigenvalue weighted by atomic mass is 9.93. The van der Waals surface area contributed by atoms with Crippen molar-refractivity contribution in [1.29, 1.82) is 0 Å². The van der Waals surface area contributed by atoms with Crippen LogP contribution < -0.4 is 11.1 Å². The van der Waals surface area contributed by atoms with E-state index < -0.39 is 0 Å². The number of nitrogens with two attached hydrogens (primary N) is 1. The van der Waals surface area contributed by atoms with Gasteiger partial charge in [-0.25, -0.2) is 0 Å². The van der Waals surface area contributed by atoms with Gasteiger partial charge in [-0.1, -0.05) is 26.0 Å². The number of hydrogen-bond acceptors (Lipinski definition) is 2. The van der Waals surface area contributed by atoms with Crippen LogP contribution in [0, 0.1) is 0 Å². The van der Waals surface area contributed by atoms with E-state index in [-0.39, 0.29) is 0 Å². The summed E-state index contributed by atoms with van der Waals surface area (Å²) in [6, 6.07) is 6.78. The highest BCUT2D eigenvalue weighted by atomic mass is 14.9. The molecule has 0 bridgehead atoms. The first kappa shape index (κ1) is 10.5. The van der Waals surface area contributed by atoms with Crippen LogP contribution in [0.5, 0.6) is 0 Å². The molecule has 1 unspecified atom stereocenters. The number of rotatable bonds is 3. The number of fused-ring (bicyclic) bond motifs is 1. The van der Waals surface area contributed by atoms with Gasteiger partial charge in [-0.2, -0.15) is 0 Å². The first-order chi connectivity index (χ1) is 7.22. The highest BCUT2D eigenvalue weighted by Crippen LogP contribution is 2.35. The molecule has 0 saturated heterocycles. The molecule has 1 aliphatic heterocycles. The predicted octanol–water partition coefficient (Wildman–Crippen LogP) is 2.67. The van der Waals surface area contributed by atoms with Gasteiger partial charge in [0.05, 0.1) is 0 Å².